The van der Waals surface area contributed by atoms with Crippen LogP contribution in [0.5, 0.6) is 0 Å². The third-order valence-electron chi connectivity index (χ3n) is 4.09. The molecule has 2 heterocycles. The summed E-state index contributed by atoms with van der Waals surface area (Å²) in [5.41, 5.74) is 4.78. The number of hydrogen-bond donors (Lipinski definition) is 0. The summed E-state index contributed by atoms with van der Waals surface area (Å²) in [4.78, 5) is 18.8. The van der Waals surface area contributed by atoms with Gasteiger partial charge in [-0.2, -0.15) is 0 Å². The summed E-state index contributed by atoms with van der Waals surface area (Å²) in [6, 6.07) is 10.6. The number of hydrogen-bond acceptors (Lipinski definition) is 3. The lowest BCUT2D eigenvalue weighted by atomic mass is 9.95. The maximum absolute atomic E-state index is 12.4. The second-order valence-electron chi connectivity index (χ2n) is 7.57. The molecule has 0 aliphatic carbocycles. The largest absolute Gasteiger partial charge is 0.325 e. The smallest absolute Gasteiger partial charge is 0.233 e. The fourth-order valence-electron chi connectivity index (χ4n) is 2.99. The molecule has 4 heteroatoms. The van der Waals surface area contributed by atoms with Crippen LogP contribution in [0.15, 0.2) is 42.7 Å². The highest BCUT2D eigenvalue weighted by molar-refractivity contribution is 8.00. The van der Waals surface area contributed by atoms with E-state index >= 15 is 0 Å². The summed E-state index contributed by atoms with van der Waals surface area (Å²) in [5.74, 6) is 0.766. The van der Waals surface area contributed by atoms with Crippen LogP contribution in [-0.2, 0) is 4.79 Å². The maximum atomic E-state index is 12.4. The molecule has 0 spiro atoms. The Morgan fingerprint density at radius 3 is 2.58 bits per heavy atom. The molecule has 126 valence electrons. The number of amides is 1. The number of carbonyl (C=O) groups excluding carboxylic acids is 1. The van der Waals surface area contributed by atoms with Gasteiger partial charge in [0.2, 0.25) is 5.91 Å². The highest BCUT2D eigenvalue weighted by Gasteiger charge is 2.36. The lowest BCUT2D eigenvalue weighted by Gasteiger charge is -2.31. The van der Waals surface area contributed by atoms with Gasteiger partial charge in [-0.3, -0.25) is 9.78 Å². The van der Waals surface area contributed by atoms with Gasteiger partial charge in [0.25, 0.3) is 0 Å². The van der Waals surface area contributed by atoms with Crippen molar-refractivity contribution in [2.24, 2.45) is 5.41 Å². The van der Waals surface area contributed by atoms with E-state index in [0.717, 1.165) is 17.7 Å². The summed E-state index contributed by atoms with van der Waals surface area (Å²) in [6.45, 7) is 9.36. The minimum Gasteiger partial charge on any atom is -0.325 e. The molecule has 3 nitrogen and oxygen atoms in total. The Balaban J connectivity index is 2.00. The van der Waals surface area contributed by atoms with Crippen LogP contribution in [0, 0.1) is 12.3 Å². The van der Waals surface area contributed by atoms with Gasteiger partial charge in [-0.15, -0.1) is 11.8 Å². The third-order valence-corrected chi connectivity index (χ3v) is 5.33. The molecule has 0 N–H and O–H groups in total. The van der Waals surface area contributed by atoms with Crippen molar-refractivity contribution in [3.8, 4) is 11.1 Å². The van der Waals surface area contributed by atoms with Crippen LogP contribution in [-0.4, -0.2) is 28.1 Å². The first-order valence-corrected chi connectivity index (χ1v) is 9.32. The molecular formula is C20H24N2OS. The fraction of sp³-hybridized carbons (Fsp3) is 0.400. The van der Waals surface area contributed by atoms with E-state index in [2.05, 4.69) is 63.0 Å². The van der Waals surface area contributed by atoms with Crippen molar-refractivity contribution >= 4 is 17.7 Å². The van der Waals surface area contributed by atoms with Gasteiger partial charge in [-0.25, -0.2) is 0 Å². The van der Waals surface area contributed by atoms with E-state index < -0.39 is 0 Å². The van der Waals surface area contributed by atoms with Crippen molar-refractivity contribution in [3.63, 3.8) is 0 Å². The minimum atomic E-state index is 0.0433. The highest BCUT2D eigenvalue weighted by atomic mass is 32.2. The molecule has 0 saturated carbocycles. The van der Waals surface area contributed by atoms with E-state index in [4.69, 9.17) is 0 Å². The lowest BCUT2D eigenvalue weighted by Crippen LogP contribution is -2.35. The molecular weight excluding hydrogens is 316 g/mol. The first kappa shape index (κ1) is 17.0. The number of benzene rings is 1. The second-order valence-corrected chi connectivity index (χ2v) is 8.64. The van der Waals surface area contributed by atoms with Gasteiger partial charge in [0.1, 0.15) is 5.37 Å². The van der Waals surface area contributed by atoms with Crippen LogP contribution in [0.25, 0.3) is 11.1 Å². The molecule has 1 atom stereocenters. The number of thioether (sulfide) groups is 1. The first-order valence-electron chi connectivity index (χ1n) is 8.27. The van der Waals surface area contributed by atoms with Crippen molar-refractivity contribution in [1.82, 2.24) is 9.88 Å². The van der Waals surface area contributed by atoms with Gasteiger partial charge in [-0.05, 0) is 29.5 Å². The number of aromatic nitrogens is 1. The maximum Gasteiger partial charge on any atom is 0.233 e. The highest BCUT2D eigenvalue weighted by Crippen LogP contribution is 2.43. The molecule has 24 heavy (non-hydrogen) atoms. The molecule has 0 bridgehead atoms. The molecule has 1 aromatic carbocycles. The minimum absolute atomic E-state index is 0.0433. The van der Waals surface area contributed by atoms with Gasteiger partial charge >= 0.3 is 0 Å². The van der Waals surface area contributed by atoms with Crippen LogP contribution < -0.4 is 0 Å². The van der Waals surface area contributed by atoms with Gasteiger partial charge < -0.3 is 4.90 Å². The Morgan fingerprint density at radius 1 is 1.21 bits per heavy atom. The van der Waals surface area contributed by atoms with E-state index in [-0.39, 0.29) is 16.7 Å². The van der Waals surface area contributed by atoms with Gasteiger partial charge in [0.05, 0.1) is 5.75 Å². The van der Waals surface area contributed by atoms with E-state index in [0.29, 0.717) is 5.75 Å². The molecule has 1 fully saturated rings. The summed E-state index contributed by atoms with van der Waals surface area (Å²) >= 11 is 1.70. The molecule has 1 saturated heterocycles. The summed E-state index contributed by atoms with van der Waals surface area (Å²) in [7, 11) is 0. The normalized spacial score (nSPS) is 18.2. The molecule has 1 aromatic heterocycles. The Morgan fingerprint density at radius 2 is 1.92 bits per heavy atom. The summed E-state index contributed by atoms with van der Waals surface area (Å²) in [6.07, 6.45) is 3.75. The SMILES string of the molecule is Cc1ccc(-c2ccncc2C2SCC(=O)N2CC(C)(C)C)cc1. The molecule has 3 rings (SSSR count). The zero-order chi connectivity index (χ0) is 17.3. The van der Waals surface area contributed by atoms with Crippen LogP contribution in [0.1, 0.15) is 37.3 Å². The standard InChI is InChI=1S/C20H24N2OS/c1-14-5-7-15(8-6-14)16-9-10-21-11-17(16)19-22(13-20(2,3)4)18(23)12-24-19/h5-11,19H,12-13H2,1-4H3. The number of carbonyl (C=O) groups is 1. The molecule has 0 radical (unpaired) electrons. The van der Waals surface area contributed by atoms with Crippen molar-refractivity contribution in [2.45, 2.75) is 33.1 Å². The van der Waals surface area contributed by atoms with Crippen molar-refractivity contribution < 1.29 is 4.79 Å². The zero-order valence-electron chi connectivity index (χ0n) is 14.7. The summed E-state index contributed by atoms with van der Waals surface area (Å²) in [5, 5.41) is 0.0433. The monoisotopic (exact) mass is 340 g/mol. The van der Waals surface area contributed by atoms with Crippen LogP contribution >= 0.6 is 11.8 Å². The predicted molar refractivity (Wildman–Crippen MR) is 101 cm³/mol. The number of aryl methyl sites for hydroxylation is 1. The molecule has 1 aliphatic heterocycles. The second kappa shape index (κ2) is 6.60. The first-order chi connectivity index (χ1) is 11.3. The molecule has 1 aliphatic rings. The quantitative estimate of drug-likeness (QED) is 0.813. The number of nitrogens with zero attached hydrogens (tertiary/aromatic N) is 2. The average molecular weight is 340 g/mol. The molecule has 1 unspecified atom stereocenters. The van der Waals surface area contributed by atoms with E-state index in [1.807, 2.05) is 17.3 Å². The third kappa shape index (κ3) is 3.64. The van der Waals surface area contributed by atoms with Crippen LogP contribution in [0.3, 0.4) is 0 Å². The topological polar surface area (TPSA) is 33.2 Å². The molecule has 2 aromatic rings. The molecule has 1 amide bonds. The van der Waals surface area contributed by atoms with E-state index in [9.17, 15) is 4.79 Å². The van der Waals surface area contributed by atoms with Gasteiger partial charge in [-0.1, -0.05) is 50.6 Å². The Bertz CT molecular complexity index is 734. The Hall–Kier alpha value is -1.81. The Kier molecular flexibility index (Phi) is 4.68. The average Bonchev–Trinajstić information content (AvgIpc) is 2.87. The van der Waals surface area contributed by atoms with Crippen molar-refractivity contribution in [2.75, 3.05) is 12.3 Å². The number of rotatable bonds is 3. The van der Waals surface area contributed by atoms with Crippen molar-refractivity contribution in [1.29, 1.82) is 0 Å². The summed E-state index contributed by atoms with van der Waals surface area (Å²) < 4.78 is 0. The van der Waals surface area contributed by atoms with Gasteiger partial charge in [0, 0.05) is 24.5 Å². The van der Waals surface area contributed by atoms with E-state index in [1.54, 1.807) is 11.8 Å². The van der Waals surface area contributed by atoms with Crippen LogP contribution in [0.2, 0.25) is 0 Å². The van der Waals surface area contributed by atoms with Crippen LogP contribution in [0.4, 0.5) is 0 Å². The van der Waals surface area contributed by atoms with Gasteiger partial charge in [0.15, 0.2) is 0 Å². The van der Waals surface area contributed by atoms with Crippen molar-refractivity contribution in [3.05, 3.63) is 53.9 Å². The number of pyridine rings is 1. The fourth-order valence-corrected chi connectivity index (χ4v) is 4.20. The Labute approximate surface area is 148 Å². The van der Waals surface area contributed by atoms with E-state index in [1.165, 1.54) is 11.1 Å². The predicted octanol–water partition coefficient (Wildman–Crippen LogP) is 4.68. The zero-order valence-corrected chi connectivity index (χ0v) is 15.6. The lowest BCUT2D eigenvalue weighted by molar-refractivity contribution is -0.129.